The molecule has 0 bridgehead atoms. The number of methoxy groups -OCH3 is 1. The lowest BCUT2D eigenvalue weighted by molar-refractivity contribution is 0.414. The van der Waals surface area contributed by atoms with Gasteiger partial charge in [-0.15, -0.1) is 0 Å². The minimum atomic E-state index is 0.683. The highest BCUT2D eigenvalue weighted by molar-refractivity contribution is 9.10. The maximum atomic E-state index is 5.17. The number of benzene rings is 1. The number of nitrogens with zero attached hydrogens (tertiary/aromatic N) is 4. The van der Waals surface area contributed by atoms with Crippen LogP contribution in [0.15, 0.2) is 47.2 Å². The maximum Gasteiger partial charge on any atom is 0.118 e. The average molecular weight is 359 g/mol. The smallest absolute Gasteiger partial charge is 0.118 e. The van der Waals surface area contributed by atoms with Crippen molar-refractivity contribution in [2.45, 2.75) is 13.5 Å². The SMILES string of the molecule is COc1ccc(Cn2nc(-c3ccnnc3C)cc2Br)cc1. The van der Waals surface area contributed by atoms with E-state index >= 15 is 0 Å². The molecule has 112 valence electrons. The van der Waals surface area contributed by atoms with Crippen LogP contribution >= 0.6 is 15.9 Å². The number of hydrogen-bond acceptors (Lipinski definition) is 4. The Morgan fingerprint density at radius 2 is 1.95 bits per heavy atom. The third-order valence-corrected chi connectivity index (χ3v) is 4.04. The van der Waals surface area contributed by atoms with Gasteiger partial charge >= 0.3 is 0 Å². The molecule has 0 saturated heterocycles. The highest BCUT2D eigenvalue weighted by atomic mass is 79.9. The Morgan fingerprint density at radius 1 is 1.18 bits per heavy atom. The van der Waals surface area contributed by atoms with Gasteiger partial charge in [-0.05, 0) is 52.7 Å². The van der Waals surface area contributed by atoms with E-state index in [1.807, 2.05) is 48.0 Å². The summed E-state index contributed by atoms with van der Waals surface area (Å²) < 4.78 is 8.01. The van der Waals surface area contributed by atoms with Gasteiger partial charge in [0.1, 0.15) is 10.4 Å². The van der Waals surface area contributed by atoms with E-state index in [0.717, 1.165) is 32.9 Å². The first-order valence-corrected chi connectivity index (χ1v) is 7.61. The molecular formula is C16H15BrN4O. The van der Waals surface area contributed by atoms with E-state index in [-0.39, 0.29) is 0 Å². The second-order valence-electron chi connectivity index (χ2n) is 4.89. The molecule has 0 amide bonds. The summed E-state index contributed by atoms with van der Waals surface area (Å²) in [7, 11) is 1.66. The number of ether oxygens (including phenoxy) is 1. The lowest BCUT2D eigenvalue weighted by Crippen LogP contribution is -2.02. The minimum absolute atomic E-state index is 0.683. The van der Waals surface area contributed by atoms with E-state index in [1.165, 1.54) is 0 Å². The Kier molecular flexibility index (Phi) is 4.20. The van der Waals surface area contributed by atoms with E-state index in [0.29, 0.717) is 6.54 Å². The topological polar surface area (TPSA) is 52.8 Å². The number of aromatic nitrogens is 4. The van der Waals surface area contributed by atoms with Gasteiger partial charge in [-0.2, -0.15) is 15.3 Å². The highest BCUT2D eigenvalue weighted by Gasteiger charge is 2.10. The van der Waals surface area contributed by atoms with Crippen LogP contribution in [0.25, 0.3) is 11.3 Å². The maximum absolute atomic E-state index is 5.17. The van der Waals surface area contributed by atoms with Crippen LogP contribution in [0.4, 0.5) is 0 Å². The monoisotopic (exact) mass is 358 g/mol. The molecule has 1 aromatic carbocycles. The molecule has 0 saturated carbocycles. The second kappa shape index (κ2) is 6.27. The number of hydrogen-bond donors (Lipinski definition) is 0. The molecule has 3 rings (SSSR count). The van der Waals surface area contributed by atoms with Gasteiger partial charge in [-0.3, -0.25) is 4.68 Å². The minimum Gasteiger partial charge on any atom is -0.497 e. The van der Waals surface area contributed by atoms with Crippen molar-refractivity contribution in [3.8, 4) is 17.0 Å². The molecule has 0 radical (unpaired) electrons. The summed E-state index contributed by atoms with van der Waals surface area (Å²) in [6.45, 7) is 2.61. The van der Waals surface area contributed by atoms with Crippen LogP contribution in [-0.2, 0) is 6.54 Å². The zero-order valence-corrected chi connectivity index (χ0v) is 13.9. The first kappa shape index (κ1) is 14.7. The quantitative estimate of drug-likeness (QED) is 0.716. The largest absolute Gasteiger partial charge is 0.497 e. The van der Waals surface area contributed by atoms with Gasteiger partial charge in [-0.1, -0.05) is 12.1 Å². The highest BCUT2D eigenvalue weighted by Crippen LogP contribution is 2.24. The Balaban J connectivity index is 1.87. The molecule has 0 spiro atoms. The molecule has 5 nitrogen and oxygen atoms in total. The first-order valence-electron chi connectivity index (χ1n) is 6.82. The van der Waals surface area contributed by atoms with Crippen molar-refractivity contribution >= 4 is 15.9 Å². The molecule has 0 aliphatic carbocycles. The predicted octanol–water partition coefficient (Wildman–Crippen LogP) is 3.47. The normalized spacial score (nSPS) is 10.7. The molecule has 2 heterocycles. The van der Waals surface area contributed by atoms with Crippen LogP contribution in [0.3, 0.4) is 0 Å². The molecule has 0 aliphatic heterocycles. The summed E-state index contributed by atoms with van der Waals surface area (Å²) in [5.74, 6) is 0.849. The van der Waals surface area contributed by atoms with E-state index in [9.17, 15) is 0 Å². The Hall–Kier alpha value is -2.21. The van der Waals surface area contributed by atoms with E-state index < -0.39 is 0 Å². The number of aryl methyl sites for hydroxylation is 1. The average Bonchev–Trinajstić information content (AvgIpc) is 2.89. The lowest BCUT2D eigenvalue weighted by Gasteiger charge is -2.05. The van der Waals surface area contributed by atoms with Crippen molar-refractivity contribution in [2.24, 2.45) is 0 Å². The predicted molar refractivity (Wildman–Crippen MR) is 87.8 cm³/mol. The zero-order valence-electron chi connectivity index (χ0n) is 12.3. The van der Waals surface area contributed by atoms with E-state index in [1.54, 1.807) is 13.3 Å². The first-order chi connectivity index (χ1) is 10.7. The molecule has 3 aromatic rings. The Morgan fingerprint density at radius 3 is 2.64 bits per heavy atom. The van der Waals surface area contributed by atoms with Crippen molar-refractivity contribution in [2.75, 3.05) is 7.11 Å². The van der Waals surface area contributed by atoms with Crippen molar-refractivity contribution in [3.63, 3.8) is 0 Å². The van der Waals surface area contributed by atoms with Gasteiger partial charge in [0, 0.05) is 5.56 Å². The molecule has 0 N–H and O–H groups in total. The second-order valence-corrected chi connectivity index (χ2v) is 5.70. The third kappa shape index (κ3) is 3.01. The Bertz CT molecular complexity index is 783. The van der Waals surface area contributed by atoms with E-state index in [2.05, 4.69) is 31.2 Å². The summed E-state index contributed by atoms with van der Waals surface area (Å²) in [5, 5.41) is 12.6. The standard InChI is InChI=1S/C16H15BrN4O/c1-11-14(7-8-18-19-11)15-9-16(17)21(20-15)10-12-3-5-13(22-2)6-4-12/h3-9H,10H2,1-2H3. The molecule has 0 unspecified atom stereocenters. The summed E-state index contributed by atoms with van der Waals surface area (Å²) in [4.78, 5) is 0. The summed E-state index contributed by atoms with van der Waals surface area (Å²) in [5.41, 5.74) is 3.89. The molecule has 0 fully saturated rings. The van der Waals surface area contributed by atoms with Gasteiger partial charge < -0.3 is 4.74 Å². The fourth-order valence-corrected chi connectivity index (χ4v) is 2.63. The van der Waals surface area contributed by atoms with Crippen LogP contribution < -0.4 is 4.74 Å². The van der Waals surface area contributed by atoms with Gasteiger partial charge in [-0.25, -0.2) is 0 Å². The molecular weight excluding hydrogens is 344 g/mol. The third-order valence-electron chi connectivity index (χ3n) is 3.40. The van der Waals surface area contributed by atoms with Crippen molar-refractivity contribution in [3.05, 3.63) is 58.5 Å². The van der Waals surface area contributed by atoms with Crippen LogP contribution in [0.5, 0.6) is 5.75 Å². The Labute approximate surface area is 137 Å². The van der Waals surface area contributed by atoms with Crippen molar-refractivity contribution < 1.29 is 4.74 Å². The van der Waals surface area contributed by atoms with Crippen LogP contribution in [0, 0.1) is 6.92 Å². The lowest BCUT2D eigenvalue weighted by atomic mass is 10.2. The van der Waals surface area contributed by atoms with Crippen LogP contribution in [0.1, 0.15) is 11.3 Å². The van der Waals surface area contributed by atoms with Crippen molar-refractivity contribution in [1.82, 2.24) is 20.0 Å². The summed E-state index contributed by atoms with van der Waals surface area (Å²) >= 11 is 3.56. The van der Waals surface area contributed by atoms with Gasteiger partial charge in [0.2, 0.25) is 0 Å². The summed E-state index contributed by atoms with van der Waals surface area (Å²) in [6, 6.07) is 11.9. The summed E-state index contributed by atoms with van der Waals surface area (Å²) in [6.07, 6.45) is 1.68. The van der Waals surface area contributed by atoms with Crippen LogP contribution in [0.2, 0.25) is 0 Å². The van der Waals surface area contributed by atoms with E-state index in [4.69, 9.17) is 4.74 Å². The molecule has 6 heteroatoms. The number of rotatable bonds is 4. The zero-order chi connectivity index (χ0) is 15.5. The molecule has 22 heavy (non-hydrogen) atoms. The van der Waals surface area contributed by atoms with Gasteiger partial charge in [0.05, 0.1) is 31.2 Å². The molecule has 0 atom stereocenters. The molecule has 2 aromatic heterocycles. The fraction of sp³-hybridized carbons (Fsp3) is 0.188. The van der Waals surface area contributed by atoms with Gasteiger partial charge in [0.25, 0.3) is 0 Å². The molecule has 0 aliphatic rings. The van der Waals surface area contributed by atoms with Crippen molar-refractivity contribution in [1.29, 1.82) is 0 Å². The number of halogens is 1. The fourth-order valence-electron chi connectivity index (χ4n) is 2.21. The van der Waals surface area contributed by atoms with Crippen LogP contribution in [-0.4, -0.2) is 27.1 Å². The van der Waals surface area contributed by atoms with Gasteiger partial charge in [0.15, 0.2) is 0 Å².